The van der Waals surface area contributed by atoms with Crippen LogP contribution < -0.4 is 4.74 Å². The van der Waals surface area contributed by atoms with E-state index in [1.165, 1.54) is 0 Å². The lowest BCUT2D eigenvalue weighted by Gasteiger charge is -2.39. The van der Waals surface area contributed by atoms with Crippen LogP contribution in [0.5, 0.6) is 5.75 Å². The van der Waals surface area contributed by atoms with E-state index in [9.17, 15) is 4.79 Å². The van der Waals surface area contributed by atoms with E-state index in [0.29, 0.717) is 13.0 Å². The van der Waals surface area contributed by atoms with Gasteiger partial charge in [-0.15, -0.1) is 0 Å². The maximum Gasteiger partial charge on any atom is 0.337 e. The van der Waals surface area contributed by atoms with Crippen LogP contribution in [-0.2, 0) is 29.9 Å². The zero-order chi connectivity index (χ0) is 19.8. The summed E-state index contributed by atoms with van der Waals surface area (Å²) in [5.74, 6) is 0.463. The number of hydrogen-bond donors (Lipinski definition) is 0. The van der Waals surface area contributed by atoms with E-state index >= 15 is 0 Å². The van der Waals surface area contributed by atoms with Crippen molar-refractivity contribution in [3.05, 3.63) is 29.8 Å². The van der Waals surface area contributed by atoms with Gasteiger partial charge in [0.1, 0.15) is 11.9 Å². The number of hydrogen-bond acceptors (Lipinski definition) is 6. The molecule has 27 heavy (non-hydrogen) atoms. The molecule has 0 bridgehead atoms. The highest BCUT2D eigenvalue weighted by atomic mass is 28.4. The van der Waals surface area contributed by atoms with Crippen LogP contribution in [0.1, 0.15) is 26.3 Å². The van der Waals surface area contributed by atoms with Crippen molar-refractivity contribution in [1.82, 2.24) is 0 Å². The Morgan fingerprint density at radius 1 is 1.19 bits per heavy atom. The van der Waals surface area contributed by atoms with Crippen molar-refractivity contribution in [1.29, 1.82) is 0 Å². The summed E-state index contributed by atoms with van der Waals surface area (Å²) in [5.41, 5.74) is 1.08. The van der Waals surface area contributed by atoms with Gasteiger partial charge in [-0.05, 0) is 35.8 Å². The van der Waals surface area contributed by atoms with Crippen LogP contribution in [0.3, 0.4) is 0 Å². The summed E-state index contributed by atoms with van der Waals surface area (Å²) in [6.45, 7) is 11.0. The molecule has 1 aromatic carbocycles. The topological polar surface area (TPSA) is 63.2 Å². The first-order valence-corrected chi connectivity index (χ1v) is 12.3. The highest BCUT2D eigenvalue weighted by Gasteiger charge is 2.53. The van der Waals surface area contributed by atoms with Gasteiger partial charge in [-0.1, -0.05) is 32.9 Å². The lowest BCUT2D eigenvalue weighted by atomic mass is 10.1. The van der Waals surface area contributed by atoms with E-state index in [-0.39, 0.29) is 11.0 Å². The van der Waals surface area contributed by atoms with Gasteiger partial charge in [-0.25, -0.2) is 4.79 Å². The SMILES string of the molecule is COc1ccc(CC2OC[C@H]3OC(=O)[C@H](O[Si](C)(C)C(C)(C)C)[C@H]3O2)cc1. The summed E-state index contributed by atoms with van der Waals surface area (Å²) in [6.07, 6.45) is -1.35. The van der Waals surface area contributed by atoms with Gasteiger partial charge >= 0.3 is 5.97 Å². The minimum absolute atomic E-state index is 0.000963. The maximum absolute atomic E-state index is 12.4. The van der Waals surface area contributed by atoms with E-state index < -0.39 is 32.9 Å². The van der Waals surface area contributed by atoms with Gasteiger partial charge < -0.3 is 23.4 Å². The molecular weight excluding hydrogens is 364 g/mol. The van der Waals surface area contributed by atoms with Gasteiger partial charge in [0.2, 0.25) is 0 Å². The largest absolute Gasteiger partial charge is 0.497 e. The zero-order valence-corrected chi connectivity index (χ0v) is 18.0. The van der Waals surface area contributed by atoms with Gasteiger partial charge in [0.05, 0.1) is 13.7 Å². The molecule has 0 amide bonds. The van der Waals surface area contributed by atoms with Crippen molar-refractivity contribution in [2.75, 3.05) is 13.7 Å². The molecule has 150 valence electrons. The van der Waals surface area contributed by atoms with Crippen LogP contribution in [0.2, 0.25) is 18.1 Å². The monoisotopic (exact) mass is 394 g/mol. The normalized spacial score (nSPS) is 28.6. The van der Waals surface area contributed by atoms with E-state index in [4.69, 9.17) is 23.4 Å². The van der Waals surface area contributed by atoms with Crippen LogP contribution in [-0.4, -0.2) is 52.6 Å². The summed E-state index contributed by atoms with van der Waals surface area (Å²) in [6, 6.07) is 7.79. The molecule has 0 radical (unpaired) electrons. The number of carbonyl (C=O) groups is 1. The minimum Gasteiger partial charge on any atom is -0.497 e. The Balaban J connectivity index is 1.68. The fourth-order valence-electron chi connectivity index (χ4n) is 2.99. The van der Waals surface area contributed by atoms with Crippen molar-refractivity contribution in [3.63, 3.8) is 0 Å². The first kappa shape index (κ1) is 20.3. The third kappa shape index (κ3) is 4.37. The summed E-state index contributed by atoms with van der Waals surface area (Å²) in [7, 11) is -0.489. The minimum atomic E-state index is -2.13. The van der Waals surface area contributed by atoms with Crippen molar-refractivity contribution in [3.8, 4) is 5.75 Å². The van der Waals surface area contributed by atoms with Gasteiger partial charge in [0, 0.05) is 6.42 Å². The number of methoxy groups -OCH3 is 1. The van der Waals surface area contributed by atoms with Crippen LogP contribution >= 0.6 is 0 Å². The molecule has 2 fully saturated rings. The van der Waals surface area contributed by atoms with Crippen molar-refractivity contribution >= 4 is 14.3 Å². The molecule has 0 spiro atoms. The summed E-state index contributed by atoms with van der Waals surface area (Å²) in [4.78, 5) is 12.4. The molecule has 7 heteroatoms. The number of benzene rings is 1. The second kappa shape index (κ2) is 7.54. The second-order valence-corrected chi connectivity index (χ2v) is 13.4. The highest BCUT2D eigenvalue weighted by Crippen LogP contribution is 2.40. The molecule has 2 saturated heterocycles. The lowest BCUT2D eigenvalue weighted by molar-refractivity contribution is -0.245. The fraction of sp³-hybridized carbons (Fsp3) is 0.650. The smallest absolute Gasteiger partial charge is 0.337 e. The van der Waals surface area contributed by atoms with Crippen LogP contribution in [0.15, 0.2) is 24.3 Å². The molecular formula is C20H30O6Si. The Labute approximate surface area is 162 Å². The molecule has 4 atom stereocenters. The van der Waals surface area contributed by atoms with Gasteiger partial charge in [-0.2, -0.15) is 0 Å². The number of fused-ring (bicyclic) bond motifs is 1. The molecule has 2 aliphatic rings. The molecule has 0 aromatic heterocycles. The summed E-state index contributed by atoms with van der Waals surface area (Å²) < 4.78 is 28.9. The Bertz CT molecular complexity index is 666. The zero-order valence-electron chi connectivity index (χ0n) is 17.0. The van der Waals surface area contributed by atoms with Crippen LogP contribution in [0.25, 0.3) is 0 Å². The Morgan fingerprint density at radius 3 is 2.44 bits per heavy atom. The van der Waals surface area contributed by atoms with Crippen molar-refractivity contribution in [2.24, 2.45) is 0 Å². The van der Waals surface area contributed by atoms with Crippen molar-refractivity contribution < 1.29 is 28.2 Å². The van der Waals surface area contributed by atoms with Crippen molar-refractivity contribution in [2.45, 2.75) is 69.9 Å². The third-order valence-electron chi connectivity index (χ3n) is 5.71. The first-order chi connectivity index (χ1) is 12.6. The molecule has 1 unspecified atom stereocenters. The lowest BCUT2D eigenvalue weighted by Crippen LogP contribution is -2.52. The number of rotatable bonds is 5. The Hall–Kier alpha value is -1.41. The quantitative estimate of drug-likeness (QED) is 0.564. The summed E-state index contributed by atoms with van der Waals surface area (Å²) >= 11 is 0. The molecule has 6 nitrogen and oxygen atoms in total. The van der Waals surface area contributed by atoms with Gasteiger partial charge in [0.25, 0.3) is 0 Å². The Morgan fingerprint density at radius 2 is 1.85 bits per heavy atom. The first-order valence-electron chi connectivity index (χ1n) is 9.39. The van der Waals surface area contributed by atoms with Crippen LogP contribution in [0.4, 0.5) is 0 Å². The fourth-order valence-corrected chi connectivity index (χ4v) is 4.21. The number of ether oxygens (including phenoxy) is 4. The number of esters is 1. The molecule has 0 aliphatic carbocycles. The second-order valence-electron chi connectivity index (χ2n) is 8.69. The molecule has 3 rings (SSSR count). The van der Waals surface area contributed by atoms with Gasteiger partial charge in [0.15, 0.2) is 26.8 Å². The Kier molecular flexibility index (Phi) is 5.68. The maximum atomic E-state index is 12.4. The standard InChI is InChI=1S/C20H30O6Si/c1-20(2,3)27(5,6)26-18-17-15(24-19(18)21)12-23-16(25-17)11-13-7-9-14(22-4)10-8-13/h7-10,15-18H,11-12H2,1-6H3/t15-,16?,17+,18-/m1/s1. The van der Waals surface area contributed by atoms with Crippen LogP contribution in [0, 0.1) is 0 Å². The predicted molar refractivity (Wildman–Crippen MR) is 103 cm³/mol. The molecule has 2 heterocycles. The molecule has 0 saturated carbocycles. The molecule has 0 N–H and O–H groups in total. The van der Waals surface area contributed by atoms with Gasteiger partial charge in [-0.3, -0.25) is 0 Å². The molecule has 1 aromatic rings. The highest BCUT2D eigenvalue weighted by molar-refractivity contribution is 6.74. The van der Waals surface area contributed by atoms with E-state index in [1.807, 2.05) is 24.3 Å². The van der Waals surface area contributed by atoms with E-state index in [2.05, 4.69) is 33.9 Å². The predicted octanol–water partition coefficient (Wildman–Crippen LogP) is 3.30. The summed E-state index contributed by atoms with van der Waals surface area (Å²) in [5, 5.41) is -0.000963. The van der Waals surface area contributed by atoms with E-state index in [1.54, 1.807) is 7.11 Å². The third-order valence-corrected chi connectivity index (χ3v) is 10.2. The number of carbonyl (C=O) groups excluding carboxylic acids is 1. The molecule has 2 aliphatic heterocycles. The average molecular weight is 395 g/mol. The average Bonchev–Trinajstić information content (AvgIpc) is 2.89. The van der Waals surface area contributed by atoms with E-state index in [0.717, 1.165) is 11.3 Å².